The van der Waals surface area contributed by atoms with Gasteiger partial charge in [-0.3, -0.25) is 4.90 Å². The van der Waals surface area contributed by atoms with Crippen molar-refractivity contribution in [1.29, 1.82) is 0 Å². The van der Waals surface area contributed by atoms with Crippen molar-refractivity contribution in [1.82, 2.24) is 10.2 Å². The fourth-order valence-electron chi connectivity index (χ4n) is 2.96. The molecule has 0 aliphatic carbocycles. The van der Waals surface area contributed by atoms with Crippen molar-refractivity contribution in [3.8, 4) is 5.75 Å². The molecule has 0 bridgehead atoms. The second kappa shape index (κ2) is 5.14. The number of aryl methyl sites for hydroxylation is 1. The van der Waals surface area contributed by atoms with Crippen molar-refractivity contribution < 1.29 is 4.74 Å². The third kappa shape index (κ3) is 2.93. The highest BCUT2D eigenvalue weighted by molar-refractivity contribution is 5.43. The molecule has 0 atom stereocenters. The molecule has 1 saturated heterocycles. The molecule has 1 aromatic rings. The number of fused-ring (bicyclic) bond motifs is 1. The van der Waals surface area contributed by atoms with Crippen LogP contribution in [0.15, 0.2) is 18.2 Å². The van der Waals surface area contributed by atoms with E-state index in [0.717, 1.165) is 51.3 Å². The molecule has 3 rings (SSSR count). The standard InChI is InChI=1S/C16H24N2O/c1-16(2)7-6-13-4-3-5-14(15(13)19-16)12-18-10-8-17-9-11-18/h3-5,17H,6-12H2,1-2H3. The van der Waals surface area contributed by atoms with Gasteiger partial charge in [-0.1, -0.05) is 18.2 Å². The van der Waals surface area contributed by atoms with Crippen LogP contribution in [0.1, 0.15) is 31.4 Å². The van der Waals surface area contributed by atoms with Gasteiger partial charge in [0.15, 0.2) is 0 Å². The molecule has 0 amide bonds. The summed E-state index contributed by atoms with van der Waals surface area (Å²) in [5, 5.41) is 3.40. The Kier molecular flexibility index (Phi) is 3.50. The molecule has 2 aliphatic rings. The molecule has 0 saturated carbocycles. The van der Waals surface area contributed by atoms with Crippen LogP contribution in [0.3, 0.4) is 0 Å². The maximum atomic E-state index is 6.25. The largest absolute Gasteiger partial charge is 0.487 e. The lowest BCUT2D eigenvalue weighted by Gasteiger charge is -2.35. The average molecular weight is 260 g/mol. The number of hydrogen-bond acceptors (Lipinski definition) is 3. The van der Waals surface area contributed by atoms with Gasteiger partial charge in [0.05, 0.1) is 0 Å². The summed E-state index contributed by atoms with van der Waals surface area (Å²) < 4.78 is 6.25. The van der Waals surface area contributed by atoms with Gasteiger partial charge in [-0.2, -0.15) is 0 Å². The number of para-hydroxylation sites is 1. The minimum Gasteiger partial charge on any atom is -0.487 e. The number of nitrogens with one attached hydrogen (secondary N) is 1. The lowest BCUT2D eigenvalue weighted by Crippen LogP contribution is -2.43. The zero-order valence-corrected chi connectivity index (χ0v) is 12.0. The molecule has 2 aliphatic heterocycles. The maximum Gasteiger partial charge on any atom is 0.127 e. The van der Waals surface area contributed by atoms with Gasteiger partial charge < -0.3 is 10.1 Å². The molecule has 3 heteroatoms. The molecule has 1 aromatic carbocycles. The lowest BCUT2D eigenvalue weighted by atomic mass is 9.92. The summed E-state index contributed by atoms with van der Waals surface area (Å²) in [6.45, 7) is 9.86. The van der Waals surface area contributed by atoms with Gasteiger partial charge in [-0.05, 0) is 32.3 Å². The first-order valence-corrected chi connectivity index (χ1v) is 7.37. The minimum atomic E-state index is -0.0213. The Morgan fingerprint density at radius 1 is 1.26 bits per heavy atom. The normalized spacial score (nSPS) is 22.6. The number of benzene rings is 1. The topological polar surface area (TPSA) is 24.5 Å². The SMILES string of the molecule is CC1(C)CCc2cccc(CN3CCNCC3)c2O1. The zero-order valence-electron chi connectivity index (χ0n) is 12.0. The van der Waals surface area contributed by atoms with Gasteiger partial charge in [0.2, 0.25) is 0 Å². The fourth-order valence-corrected chi connectivity index (χ4v) is 2.96. The Balaban J connectivity index is 1.81. The molecule has 3 nitrogen and oxygen atoms in total. The third-order valence-corrected chi connectivity index (χ3v) is 4.16. The number of ether oxygens (including phenoxy) is 1. The van der Waals surface area contributed by atoms with Crippen LogP contribution in [0, 0.1) is 0 Å². The van der Waals surface area contributed by atoms with Crippen molar-refractivity contribution in [2.75, 3.05) is 26.2 Å². The van der Waals surface area contributed by atoms with E-state index in [2.05, 4.69) is 42.3 Å². The molecule has 1 fully saturated rings. The Hall–Kier alpha value is -1.06. The van der Waals surface area contributed by atoms with Gasteiger partial charge in [0.1, 0.15) is 11.4 Å². The number of hydrogen-bond donors (Lipinski definition) is 1. The average Bonchev–Trinajstić information content (AvgIpc) is 2.40. The minimum absolute atomic E-state index is 0.0213. The number of rotatable bonds is 2. The van der Waals surface area contributed by atoms with Gasteiger partial charge in [-0.15, -0.1) is 0 Å². The van der Waals surface area contributed by atoms with Crippen LogP contribution in [0.4, 0.5) is 0 Å². The molecular formula is C16H24N2O. The number of piperazine rings is 1. The highest BCUT2D eigenvalue weighted by Crippen LogP contribution is 2.36. The first-order valence-electron chi connectivity index (χ1n) is 7.37. The van der Waals surface area contributed by atoms with E-state index >= 15 is 0 Å². The second-order valence-electron chi connectivity index (χ2n) is 6.29. The molecule has 1 N–H and O–H groups in total. The Morgan fingerprint density at radius 2 is 2.05 bits per heavy atom. The van der Waals surface area contributed by atoms with E-state index in [9.17, 15) is 0 Å². The maximum absolute atomic E-state index is 6.25. The van der Waals surface area contributed by atoms with Gasteiger partial charge >= 0.3 is 0 Å². The van der Waals surface area contributed by atoms with Gasteiger partial charge in [0, 0.05) is 38.3 Å². The molecule has 19 heavy (non-hydrogen) atoms. The number of nitrogens with zero attached hydrogens (tertiary/aromatic N) is 1. The smallest absolute Gasteiger partial charge is 0.127 e. The highest BCUT2D eigenvalue weighted by Gasteiger charge is 2.28. The van der Waals surface area contributed by atoms with Crippen molar-refractivity contribution in [2.24, 2.45) is 0 Å². The molecule has 0 spiro atoms. The summed E-state index contributed by atoms with van der Waals surface area (Å²) >= 11 is 0. The lowest BCUT2D eigenvalue weighted by molar-refractivity contribution is 0.0815. The van der Waals surface area contributed by atoms with Crippen molar-refractivity contribution in [2.45, 2.75) is 38.8 Å². The fraction of sp³-hybridized carbons (Fsp3) is 0.625. The molecular weight excluding hydrogens is 236 g/mol. The van der Waals surface area contributed by atoms with E-state index < -0.39 is 0 Å². The zero-order chi connectivity index (χ0) is 13.3. The summed E-state index contributed by atoms with van der Waals surface area (Å²) in [5.74, 6) is 1.15. The summed E-state index contributed by atoms with van der Waals surface area (Å²) in [5.41, 5.74) is 2.71. The predicted octanol–water partition coefficient (Wildman–Crippen LogP) is 2.20. The van der Waals surface area contributed by atoms with Crippen LogP contribution in [0.5, 0.6) is 5.75 Å². The van der Waals surface area contributed by atoms with Crippen LogP contribution in [0.25, 0.3) is 0 Å². The Labute approximate surface area is 115 Å². The first-order chi connectivity index (χ1) is 9.14. The van der Waals surface area contributed by atoms with Crippen LogP contribution < -0.4 is 10.1 Å². The van der Waals surface area contributed by atoms with Crippen molar-refractivity contribution >= 4 is 0 Å². The van der Waals surface area contributed by atoms with E-state index in [1.165, 1.54) is 11.1 Å². The van der Waals surface area contributed by atoms with Crippen molar-refractivity contribution in [3.63, 3.8) is 0 Å². The van der Waals surface area contributed by atoms with E-state index in [4.69, 9.17) is 4.74 Å². The van der Waals surface area contributed by atoms with Gasteiger partial charge in [0.25, 0.3) is 0 Å². The predicted molar refractivity (Wildman–Crippen MR) is 77.6 cm³/mol. The highest BCUT2D eigenvalue weighted by atomic mass is 16.5. The van der Waals surface area contributed by atoms with E-state index in [1.807, 2.05) is 0 Å². The Bertz CT molecular complexity index is 450. The monoisotopic (exact) mass is 260 g/mol. The summed E-state index contributed by atoms with van der Waals surface area (Å²) in [7, 11) is 0. The molecule has 0 aromatic heterocycles. The molecule has 104 valence electrons. The summed E-state index contributed by atoms with van der Waals surface area (Å²) in [6, 6.07) is 6.62. The van der Waals surface area contributed by atoms with Crippen LogP contribution in [0.2, 0.25) is 0 Å². The quantitative estimate of drug-likeness (QED) is 0.882. The van der Waals surface area contributed by atoms with Crippen LogP contribution in [-0.2, 0) is 13.0 Å². The summed E-state index contributed by atoms with van der Waals surface area (Å²) in [6.07, 6.45) is 2.24. The van der Waals surface area contributed by atoms with Crippen LogP contribution in [-0.4, -0.2) is 36.7 Å². The molecule has 0 radical (unpaired) electrons. The van der Waals surface area contributed by atoms with Gasteiger partial charge in [-0.25, -0.2) is 0 Å². The van der Waals surface area contributed by atoms with Crippen LogP contribution >= 0.6 is 0 Å². The van der Waals surface area contributed by atoms with Crippen molar-refractivity contribution in [3.05, 3.63) is 29.3 Å². The second-order valence-corrected chi connectivity index (χ2v) is 6.29. The Morgan fingerprint density at radius 3 is 2.84 bits per heavy atom. The first kappa shape index (κ1) is 12.9. The van der Waals surface area contributed by atoms with E-state index in [0.29, 0.717) is 0 Å². The molecule has 2 heterocycles. The summed E-state index contributed by atoms with van der Waals surface area (Å²) in [4.78, 5) is 2.51. The van der Waals surface area contributed by atoms with E-state index in [-0.39, 0.29) is 5.60 Å². The molecule has 0 unspecified atom stereocenters. The van der Waals surface area contributed by atoms with E-state index in [1.54, 1.807) is 0 Å². The third-order valence-electron chi connectivity index (χ3n) is 4.16.